The molecule has 38 heavy (non-hydrogen) atoms. The molecular weight excluding hydrogens is 501 g/mol. The molecule has 0 saturated carbocycles. The smallest absolute Gasteiger partial charge is 0.386 e. The Morgan fingerprint density at radius 1 is 1.05 bits per heavy atom. The average Bonchev–Trinajstić information content (AvgIpc) is 2.89. The van der Waals surface area contributed by atoms with Crippen LogP contribution in [0.3, 0.4) is 0 Å². The van der Waals surface area contributed by atoms with Crippen molar-refractivity contribution in [3.63, 3.8) is 0 Å². The lowest BCUT2D eigenvalue weighted by Crippen LogP contribution is -2.33. The molecule has 0 unspecified atom stereocenters. The third kappa shape index (κ3) is 7.52. The Morgan fingerprint density at radius 2 is 1.84 bits per heavy atom. The molecular formula is C27H31F3N4O4. The fourth-order valence-corrected chi connectivity index (χ4v) is 4.79. The molecule has 2 aromatic heterocycles. The number of nitrogens with one attached hydrogen (secondary N) is 2. The van der Waals surface area contributed by atoms with Gasteiger partial charge in [-0.15, -0.1) is 0 Å². The Kier molecular flexibility index (Phi) is 8.96. The molecule has 11 heteroatoms. The first-order valence-corrected chi connectivity index (χ1v) is 13.0. The third-order valence-corrected chi connectivity index (χ3v) is 6.78. The van der Waals surface area contributed by atoms with E-state index in [0.29, 0.717) is 24.8 Å². The number of aromatic nitrogens is 2. The summed E-state index contributed by atoms with van der Waals surface area (Å²) in [6.45, 7) is 0.905. The van der Waals surface area contributed by atoms with Crippen LogP contribution in [0.15, 0.2) is 24.4 Å². The predicted octanol–water partition coefficient (Wildman–Crippen LogP) is 4.31. The number of hydrogen-bond acceptors (Lipinski definition) is 7. The first-order chi connectivity index (χ1) is 18.2. The molecule has 0 bridgehead atoms. The molecule has 0 saturated heterocycles. The Hall–Kier alpha value is -3.50. The second-order valence-corrected chi connectivity index (χ2v) is 9.71. The van der Waals surface area contributed by atoms with E-state index in [0.717, 1.165) is 67.8 Å². The number of unbranched alkanes of at least 4 members (excludes halogenated alkanes) is 1. The average molecular weight is 533 g/mol. The van der Waals surface area contributed by atoms with Gasteiger partial charge in [0.1, 0.15) is 5.82 Å². The van der Waals surface area contributed by atoms with E-state index in [-0.39, 0.29) is 12.3 Å². The fourth-order valence-electron chi connectivity index (χ4n) is 4.79. The first-order valence-electron chi connectivity index (χ1n) is 13.0. The zero-order chi connectivity index (χ0) is 27.1. The summed E-state index contributed by atoms with van der Waals surface area (Å²) >= 11 is 0. The summed E-state index contributed by atoms with van der Waals surface area (Å²) in [7, 11) is 0. The minimum atomic E-state index is -5.29. The Bertz CT molecular complexity index is 1190. The van der Waals surface area contributed by atoms with Crippen LogP contribution in [0.4, 0.5) is 19.0 Å². The van der Waals surface area contributed by atoms with Crippen LogP contribution in [0, 0.1) is 0 Å². The van der Waals surface area contributed by atoms with Crippen LogP contribution in [0.1, 0.15) is 79.1 Å². The van der Waals surface area contributed by atoms with Gasteiger partial charge in [0.05, 0.1) is 12.5 Å². The highest BCUT2D eigenvalue weighted by molar-refractivity contribution is 5.89. The molecule has 2 aromatic rings. The summed E-state index contributed by atoms with van der Waals surface area (Å²) in [6, 6.07) is 4.93. The summed E-state index contributed by atoms with van der Waals surface area (Å²) < 4.78 is 41.6. The number of esters is 2. The van der Waals surface area contributed by atoms with Crippen LogP contribution in [-0.4, -0.2) is 40.5 Å². The normalized spacial score (nSPS) is 15.4. The van der Waals surface area contributed by atoms with E-state index in [1.54, 1.807) is 0 Å². The topological polar surface area (TPSA) is 110 Å². The fraction of sp³-hybridized carbons (Fsp3) is 0.519. The van der Waals surface area contributed by atoms with Crippen LogP contribution >= 0.6 is 0 Å². The molecule has 0 radical (unpaired) electrons. The van der Waals surface area contributed by atoms with Gasteiger partial charge in [0.15, 0.2) is 0 Å². The number of fused-ring (bicyclic) bond motifs is 2. The highest BCUT2D eigenvalue weighted by atomic mass is 19.4. The van der Waals surface area contributed by atoms with Crippen molar-refractivity contribution in [1.82, 2.24) is 15.3 Å². The number of amides is 1. The number of hydrogen-bond donors (Lipinski definition) is 2. The van der Waals surface area contributed by atoms with E-state index in [9.17, 15) is 27.6 Å². The summed E-state index contributed by atoms with van der Waals surface area (Å²) in [4.78, 5) is 45.1. The van der Waals surface area contributed by atoms with Gasteiger partial charge in [-0.2, -0.15) is 13.2 Å². The maximum atomic E-state index is 12.7. The van der Waals surface area contributed by atoms with Crippen LogP contribution in [0.5, 0.6) is 0 Å². The molecule has 1 aliphatic heterocycles. The van der Waals surface area contributed by atoms with Gasteiger partial charge in [0.25, 0.3) is 0 Å². The molecule has 0 spiro atoms. The van der Waals surface area contributed by atoms with Gasteiger partial charge in [-0.05, 0) is 80.5 Å². The summed E-state index contributed by atoms with van der Waals surface area (Å²) in [5.41, 5.74) is 4.55. The monoisotopic (exact) mass is 532 g/mol. The molecule has 3 heterocycles. The molecule has 0 fully saturated rings. The second kappa shape index (κ2) is 12.4. The van der Waals surface area contributed by atoms with Crippen molar-refractivity contribution >= 4 is 23.7 Å². The van der Waals surface area contributed by atoms with Gasteiger partial charge in [-0.3, -0.25) is 14.6 Å². The van der Waals surface area contributed by atoms with Crippen molar-refractivity contribution < 1.29 is 32.3 Å². The van der Waals surface area contributed by atoms with Gasteiger partial charge >= 0.3 is 18.1 Å². The van der Waals surface area contributed by atoms with Crippen LogP contribution in [-0.2, 0) is 44.8 Å². The number of carbonyl (C=O) groups excluding carboxylic acids is 3. The lowest BCUT2D eigenvalue weighted by atomic mass is 9.93. The Labute approximate surface area is 218 Å². The van der Waals surface area contributed by atoms with E-state index in [1.165, 1.54) is 11.8 Å². The third-order valence-electron chi connectivity index (χ3n) is 6.78. The van der Waals surface area contributed by atoms with Gasteiger partial charge in [0, 0.05) is 30.6 Å². The molecule has 2 aliphatic rings. The van der Waals surface area contributed by atoms with Crippen LogP contribution in [0.25, 0.3) is 0 Å². The second-order valence-electron chi connectivity index (χ2n) is 9.71. The van der Waals surface area contributed by atoms with Gasteiger partial charge < -0.3 is 15.4 Å². The van der Waals surface area contributed by atoms with E-state index in [4.69, 9.17) is 0 Å². The summed E-state index contributed by atoms with van der Waals surface area (Å²) in [5, 5.41) is 6.03. The van der Waals surface area contributed by atoms with E-state index >= 15 is 0 Å². The maximum absolute atomic E-state index is 12.7. The quantitative estimate of drug-likeness (QED) is 0.281. The number of halogens is 3. The Balaban J connectivity index is 1.34. The molecule has 2 N–H and O–H groups in total. The number of carbonyl (C=O) groups is 3. The molecule has 1 aliphatic carbocycles. The van der Waals surface area contributed by atoms with Gasteiger partial charge in [-0.25, -0.2) is 9.78 Å². The predicted molar refractivity (Wildman–Crippen MR) is 132 cm³/mol. The molecule has 4 rings (SSSR count). The van der Waals surface area contributed by atoms with E-state index < -0.39 is 30.6 Å². The zero-order valence-corrected chi connectivity index (χ0v) is 21.0. The molecule has 1 atom stereocenters. The SMILES string of the molecule is O=C(CCCCc1ccc2c(n1)NCCC2)N[C@@H](CC(=O)OC(=O)C(F)(F)F)c1cnc2c(c1)CCCC2. The lowest BCUT2D eigenvalue weighted by Gasteiger charge is -2.21. The van der Waals surface area contributed by atoms with Crippen LogP contribution < -0.4 is 10.6 Å². The number of rotatable bonds is 9. The minimum Gasteiger partial charge on any atom is -0.386 e. The standard InChI is InChI=1S/C27H31F3N4O4/c28-27(29,30)26(37)38-24(36)15-22(19-14-18-6-1-3-9-21(18)32-16-19)34-23(35)10-4-2-8-20-12-11-17-7-5-13-31-25(17)33-20/h11-12,14,16,22H,1-10,13,15H2,(H,31,33)(H,34,35)/t22-/m0/s1. The molecule has 204 valence electrons. The van der Waals surface area contributed by atoms with Gasteiger partial charge in [0.2, 0.25) is 5.91 Å². The number of pyridine rings is 2. The number of aryl methyl sites for hydroxylation is 4. The maximum Gasteiger partial charge on any atom is 0.491 e. The van der Waals surface area contributed by atoms with Crippen molar-refractivity contribution in [3.05, 3.63) is 52.5 Å². The highest BCUT2D eigenvalue weighted by Gasteiger charge is 2.42. The number of alkyl halides is 3. The van der Waals surface area contributed by atoms with Crippen molar-refractivity contribution in [2.75, 3.05) is 11.9 Å². The van der Waals surface area contributed by atoms with E-state index in [2.05, 4.69) is 31.4 Å². The molecule has 0 aromatic carbocycles. The lowest BCUT2D eigenvalue weighted by molar-refractivity contribution is -0.202. The van der Waals surface area contributed by atoms with Crippen molar-refractivity contribution in [2.45, 2.75) is 82.8 Å². The zero-order valence-electron chi connectivity index (χ0n) is 21.0. The first kappa shape index (κ1) is 27.5. The summed E-state index contributed by atoms with van der Waals surface area (Å²) in [5.74, 6) is -3.39. The van der Waals surface area contributed by atoms with Crippen molar-refractivity contribution in [3.8, 4) is 0 Å². The van der Waals surface area contributed by atoms with Crippen LogP contribution in [0.2, 0.25) is 0 Å². The molecule has 8 nitrogen and oxygen atoms in total. The van der Waals surface area contributed by atoms with E-state index in [1.807, 2.05) is 12.1 Å². The molecule has 1 amide bonds. The highest BCUT2D eigenvalue weighted by Crippen LogP contribution is 2.26. The van der Waals surface area contributed by atoms with Gasteiger partial charge in [-0.1, -0.05) is 12.1 Å². The Morgan fingerprint density at radius 3 is 2.66 bits per heavy atom. The number of nitrogens with zero attached hydrogens (tertiary/aromatic N) is 2. The summed E-state index contributed by atoms with van der Waals surface area (Å²) in [6.07, 6.45) is 3.45. The largest absolute Gasteiger partial charge is 0.491 e. The minimum absolute atomic E-state index is 0.161. The number of anilines is 1. The van der Waals surface area contributed by atoms with Crippen molar-refractivity contribution in [2.24, 2.45) is 0 Å². The number of ether oxygens (including phenoxy) is 1. The van der Waals surface area contributed by atoms with Crippen molar-refractivity contribution in [1.29, 1.82) is 0 Å².